The standard InChI is InChI=1S/C25H26N4O2S3/c1-5-7-12-29-23(30)22(24-28(6-2)19-14-17(31-4)9-11-20(19)33-24)34-25(29)27-16-8-10-18-21(13-16)32-15(3)26-18/h8-11,13-14H,5-7,12H2,1-4H3. The van der Waals surface area contributed by atoms with Gasteiger partial charge < -0.3 is 9.64 Å². The first-order valence-corrected chi connectivity index (χ1v) is 13.8. The number of aryl methyl sites for hydroxylation is 1. The van der Waals surface area contributed by atoms with E-state index in [1.165, 1.54) is 11.8 Å². The molecule has 34 heavy (non-hydrogen) atoms. The number of amides is 1. The Morgan fingerprint density at radius 1 is 1.09 bits per heavy atom. The molecule has 1 fully saturated rings. The van der Waals surface area contributed by atoms with Gasteiger partial charge in [0, 0.05) is 24.1 Å². The van der Waals surface area contributed by atoms with Crippen LogP contribution in [0.1, 0.15) is 31.7 Å². The summed E-state index contributed by atoms with van der Waals surface area (Å²) in [6.07, 6.45) is 1.95. The number of ether oxygens (including phenoxy) is 1. The number of thiazole rings is 1. The van der Waals surface area contributed by atoms with E-state index in [9.17, 15) is 4.79 Å². The SMILES string of the molecule is CCCCN1C(=O)C(=C2Sc3ccc(OC)cc3N2CC)SC1=Nc1ccc2nc(C)sc2c1. The summed E-state index contributed by atoms with van der Waals surface area (Å²) >= 11 is 4.79. The second kappa shape index (κ2) is 9.64. The summed E-state index contributed by atoms with van der Waals surface area (Å²) in [5.74, 6) is 0.850. The minimum Gasteiger partial charge on any atom is -0.497 e. The zero-order valence-corrected chi connectivity index (χ0v) is 22.1. The van der Waals surface area contributed by atoms with Gasteiger partial charge in [-0.1, -0.05) is 25.1 Å². The molecule has 0 radical (unpaired) electrons. The van der Waals surface area contributed by atoms with Crippen molar-refractivity contribution in [1.29, 1.82) is 0 Å². The molecule has 0 N–H and O–H groups in total. The number of carbonyl (C=O) groups excluding carboxylic acids is 1. The maximum atomic E-state index is 13.6. The molecule has 176 valence electrons. The van der Waals surface area contributed by atoms with E-state index in [0.717, 1.165) is 71.7 Å². The van der Waals surface area contributed by atoms with E-state index in [0.29, 0.717) is 6.54 Å². The number of methoxy groups -OCH3 is 1. The Morgan fingerprint density at radius 2 is 1.94 bits per heavy atom. The number of carbonyl (C=O) groups is 1. The molecule has 9 heteroatoms. The van der Waals surface area contributed by atoms with E-state index >= 15 is 0 Å². The van der Waals surface area contributed by atoms with Crippen LogP contribution in [0.25, 0.3) is 10.2 Å². The minimum absolute atomic E-state index is 0.0348. The van der Waals surface area contributed by atoms with Crippen molar-refractivity contribution >= 4 is 67.5 Å². The molecule has 0 atom stereocenters. The molecule has 0 aliphatic carbocycles. The monoisotopic (exact) mass is 510 g/mol. The molecular formula is C25H26N4O2S3. The fourth-order valence-electron chi connectivity index (χ4n) is 4.01. The Hall–Kier alpha value is -2.49. The van der Waals surface area contributed by atoms with Crippen molar-refractivity contribution < 1.29 is 9.53 Å². The Balaban J connectivity index is 1.54. The van der Waals surface area contributed by atoms with Gasteiger partial charge in [0.15, 0.2) is 5.17 Å². The third-order valence-electron chi connectivity index (χ3n) is 5.72. The zero-order chi connectivity index (χ0) is 23.8. The molecule has 6 nitrogen and oxygen atoms in total. The third kappa shape index (κ3) is 4.21. The normalized spacial score (nSPS) is 19.1. The summed E-state index contributed by atoms with van der Waals surface area (Å²) in [7, 11) is 1.68. The van der Waals surface area contributed by atoms with E-state index in [2.05, 4.69) is 35.9 Å². The number of fused-ring (bicyclic) bond motifs is 2. The highest BCUT2D eigenvalue weighted by Gasteiger charge is 2.39. The molecule has 0 spiro atoms. The fourth-order valence-corrected chi connectivity index (χ4v) is 7.27. The van der Waals surface area contributed by atoms with Crippen LogP contribution in [-0.2, 0) is 4.79 Å². The summed E-state index contributed by atoms with van der Waals surface area (Å²) in [6.45, 7) is 7.69. The first-order chi connectivity index (χ1) is 16.5. The number of nitrogens with zero attached hydrogens (tertiary/aromatic N) is 4. The van der Waals surface area contributed by atoms with Gasteiger partial charge in [-0.25, -0.2) is 9.98 Å². The Bertz CT molecular complexity index is 1330. The predicted octanol–water partition coefficient (Wildman–Crippen LogP) is 6.78. The van der Waals surface area contributed by atoms with E-state index in [4.69, 9.17) is 9.73 Å². The number of hydrogen-bond donors (Lipinski definition) is 0. The van der Waals surface area contributed by atoms with Gasteiger partial charge >= 0.3 is 0 Å². The molecule has 2 aromatic carbocycles. The lowest BCUT2D eigenvalue weighted by atomic mass is 10.2. The lowest BCUT2D eigenvalue weighted by molar-refractivity contribution is -0.122. The second-order valence-electron chi connectivity index (χ2n) is 8.01. The summed E-state index contributed by atoms with van der Waals surface area (Å²) < 4.78 is 6.55. The second-order valence-corrected chi connectivity index (χ2v) is 11.2. The largest absolute Gasteiger partial charge is 0.497 e. The highest BCUT2D eigenvalue weighted by molar-refractivity contribution is 8.19. The number of anilines is 1. The average Bonchev–Trinajstić information content (AvgIpc) is 3.48. The summed E-state index contributed by atoms with van der Waals surface area (Å²) in [6, 6.07) is 12.1. The number of benzene rings is 2. The quantitative estimate of drug-likeness (QED) is 0.341. The van der Waals surface area contributed by atoms with Gasteiger partial charge in [-0.05, 0) is 62.4 Å². The van der Waals surface area contributed by atoms with Crippen LogP contribution >= 0.6 is 34.9 Å². The average molecular weight is 511 g/mol. The number of amidine groups is 1. The molecule has 5 rings (SSSR count). The van der Waals surface area contributed by atoms with Gasteiger partial charge in [0.1, 0.15) is 15.7 Å². The molecule has 0 bridgehead atoms. The Labute approximate surface area is 212 Å². The van der Waals surface area contributed by atoms with Gasteiger partial charge in [-0.2, -0.15) is 0 Å². The van der Waals surface area contributed by atoms with E-state index < -0.39 is 0 Å². The van der Waals surface area contributed by atoms with Crippen molar-refractivity contribution in [1.82, 2.24) is 9.88 Å². The van der Waals surface area contributed by atoms with Crippen LogP contribution in [0.2, 0.25) is 0 Å². The van der Waals surface area contributed by atoms with Crippen LogP contribution in [0, 0.1) is 6.92 Å². The Kier molecular flexibility index (Phi) is 6.59. The smallest absolute Gasteiger partial charge is 0.269 e. The van der Waals surface area contributed by atoms with E-state index in [-0.39, 0.29) is 5.91 Å². The predicted molar refractivity (Wildman–Crippen MR) is 145 cm³/mol. The van der Waals surface area contributed by atoms with Crippen LogP contribution in [0.15, 0.2) is 56.2 Å². The number of aliphatic imine (C=N–C) groups is 1. The van der Waals surface area contributed by atoms with Crippen molar-refractivity contribution in [3.8, 4) is 5.75 Å². The van der Waals surface area contributed by atoms with Gasteiger partial charge in [0.2, 0.25) is 0 Å². The third-order valence-corrected chi connectivity index (χ3v) is 9.03. The lowest BCUT2D eigenvalue weighted by Crippen LogP contribution is -2.30. The number of aromatic nitrogens is 1. The summed E-state index contributed by atoms with van der Waals surface area (Å²) in [5, 5.41) is 2.75. The number of rotatable bonds is 6. The molecule has 2 aliphatic rings. The van der Waals surface area contributed by atoms with Gasteiger partial charge in [0.25, 0.3) is 5.91 Å². The van der Waals surface area contributed by atoms with Gasteiger partial charge in [0.05, 0.1) is 33.7 Å². The van der Waals surface area contributed by atoms with Crippen molar-refractivity contribution in [2.75, 3.05) is 25.1 Å². The van der Waals surface area contributed by atoms with Crippen LogP contribution in [0.3, 0.4) is 0 Å². The molecule has 1 saturated heterocycles. The summed E-state index contributed by atoms with van der Waals surface area (Å²) in [5.41, 5.74) is 2.92. The number of hydrogen-bond acceptors (Lipinski definition) is 8. The molecule has 3 aromatic rings. The van der Waals surface area contributed by atoms with E-state index in [1.54, 1.807) is 30.2 Å². The maximum Gasteiger partial charge on any atom is 0.269 e. The van der Waals surface area contributed by atoms with Crippen LogP contribution in [0.4, 0.5) is 11.4 Å². The molecular weight excluding hydrogens is 485 g/mol. The van der Waals surface area contributed by atoms with Crippen LogP contribution < -0.4 is 9.64 Å². The molecule has 0 unspecified atom stereocenters. The number of unbranched alkanes of at least 4 members (excludes halogenated alkanes) is 1. The molecule has 3 heterocycles. The topological polar surface area (TPSA) is 58.0 Å². The van der Waals surface area contributed by atoms with Crippen molar-refractivity contribution in [3.63, 3.8) is 0 Å². The minimum atomic E-state index is 0.0348. The lowest BCUT2D eigenvalue weighted by Gasteiger charge is -2.19. The van der Waals surface area contributed by atoms with E-state index in [1.807, 2.05) is 36.1 Å². The molecule has 1 aromatic heterocycles. The number of thioether (sulfide) groups is 2. The summed E-state index contributed by atoms with van der Waals surface area (Å²) in [4.78, 5) is 29.0. The first kappa shape index (κ1) is 23.3. The fraction of sp³-hybridized carbons (Fsp3) is 0.320. The van der Waals surface area contributed by atoms with Crippen LogP contribution in [-0.4, -0.2) is 41.2 Å². The van der Waals surface area contributed by atoms with Crippen molar-refractivity contribution in [2.45, 2.75) is 38.5 Å². The van der Waals surface area contributed by atoms with Gasteiger partial charge in [-0.15, -0.1) is 11.3 Å². The highest BCUT2D eigenvalue weighted by Crippen LogP contribution is 2.51. The molecule has 0 saturated carbocycles. The maximum absolute atomic E-state index is 13.6. The highest BCUT2D eigenvalue weighted by atomic mass is 32.2. The zero-order valence-electron chi connectivity index (χ0n) is 19.6. The molecule has 2 aliphatic heterocycles. The first-order valence-electron chi connectivity index (χ1n) is 11.4. The van der Waals surface area contributed by atoms with Crippen LogP contribution in [0.5, 0.6) is 5.75 Å². The van der Waals surface area contributed by atoms with Crippen molar-refractivity contribution in [3.05, 3.63) is 51.3 Å². The molecule has 1 amide bonds. The Morgan fingerprint density at radius 3 is 2.71 bits per heavy atom. The van der Waals surface area contributed by atoms with Gasteiger partial charge in [-0.3, -0.25) is 9.69 Å². The van der Waals surface area contributed by atoms with Crippen molar-refractivity contribution in [2.24, 2.45) is 4.99 Å².